The third kappa shape index (κ3) is 3.49. The van der Waals surface area contributed by atoms with Crippen molar-refractivity contribution < 1.29 is 14.6 Å². The maximum atomic E-state index is 10.6. The van der Waals surface area contributed by atoms with Crippen LogP contribution in [0.3, 0.4) is 0 Å². The molecule has 1 N–H and O–H groups in total. The summed E-state index contributed by atoms with van der Waals surface area (Å²) >= 11 is 0. The van der Waals surface area contributed by atoms with Gasteiger partial charge in [-0.25, -0.2) is 4.98 Å². The molecular formula is C11H16N2O3. The van der Waals surface area contributed by atoms with E-state index in [-0.39, 0.29) is 6.42 Å². The maximum Gasteiger partial charge on any atom is 0.308 e. The number of nitrogens with zero attached hydrogens (tertiary/aromatic N) is 2. The molecular weight excluding hydrogens is 208 g/mol. The van der Waals surface area contributed by atoms with E-state index < -0.39 is 5.97 Å². The van der Waals surface area contributed by atoms with Crippen LogP contribution in [0.2, 0.25) is 0 Å². The zero-order valence-corrected chi connectivity index (χ0v) is 9.73. The fraction of sp³-hybridized carbons (Fsp3) is 0.545. The van der Waals surface area contributed by atoms with Crippen molar-refractivity contribution >= 4 is 5.97 Å². The summed E-state index contributed by atoms with van der Waals surface area (Å²) in [5, 5.41) is 8.69. The summed E-state index contributed by atoms with van der Waals surface area (Å²) in [7, 11) is 1.48. The highest BCUT2D eigenvalue weighted by atomic mass is 16.5. The van der Waals surface area contributed by atoms with Gasteiger partial charge in [0.15, 0.2) is 0 Å². The normalized spacial score (nSPS) is 10.5. The molecule has 0 saturated carbocycles. The van der Waals surface area contributed by atoms with E-state index >= 15 is 0 Å². The van der Waals surface area contributed by atoms with Gasteiger partial charge in [0.05, 0.1) is 13.5 Å². The number of carboxylic acids is 1. The second kappa shape index (κ2) is 5.44. The van der Waals surface area contributed by atoms with E-state index in [2.05, 4.69) is 23.8 Å². The Morgan fingerprint density at radius 2 is 2.25 bits per heavy atom. The first-order chi connectivity index (χ1) is 7.52. The van der Waals surface area contributed by atoms with E-state index in [0.29, 0.717) is 23.2 Å². The Kier molecular flexibility index (Phi) is 4.22. The second-order valence-corrected chi connectivity index (χ2v) is 3.99. The van der Waals surface area contributed by atoms with Crippen molar-refractivity contribution in [3.8, 4) is 5.88 Å². The van der Waals surface area contributed by atoms with Gasteiger partial charge in [0.25, 0.3) is 0 Å². The molecule has 5 nitrogen and oxygen atoms in total. The predicted octanol–water partition coefficient (Wildman–Crippen LogP) is 1.31. The van der Waals surface area contributed by atoms with Gasteiger partial charge in [0, 0.05) is 18.2 Å². The van der Waals surface area contributed by atoms with Crippen molar-refractivity contribution in [2.24, 2.45) is 5.92 Å². The summed E-state index contributed by atoms with van der Waals surface area (Å²) in [6.07, 6.45) is 2.16. The topological polar surface area (TPSA) is 72.3 Å². The lowest BCUT2D eigenvalue weighted by Crippen LogP contribution is -2.08. The molecule has 1 aromatic heterocycles. The van der Waals surface area contributed by atoms with Crippen LogP contribution >= 0.6 is 0 Å². The Bertz CT molecular complexity index is 377. The van der Waals surface area contributed by atoms with Crippen LogP contribution in [0.4, 0.5) is 0 Å². The van der Waals surface area contributed by atoms with Crippen molar-refractivity contribution in [2.75, 3.05) is 7.11 Å². The van der Waals surface area contributed by atoms with Crippen LogP contribution in [0.15, 0.2) is 6.20 Å². The SMILES string of the molecule is COc1nc(CC(C)C)ncc1CC(=O)O. The summed E-state index contributed by atoms with van der Waals surface area (Å²) in [5.41, 5.74) is 0.502. The van der Waals surface area contributed by atoms with E-state index in [9.17, 15) is 4.79 Å². The minimum atomic E-state index is -0.918. The highest BCUT2D eigenvalue weighted by Crippen LogP contribution is 2.16. The molecule has 0 aliphatic carbocycles. The molecule has 0 aliphatic heterocycles. The Morgan fingerprint density at radius 1 is 1.56 bits per heavy atom. The van der Waals surface area contributed by atoms with Gasteiger partial charge in [-0.05, 0) is 5.92 Å². The first-order valence-corrected chi connectivity index (χ1v) is 5.13. The zero-order valence-electron chi connectivity index (χ0n) is 9.73. The zero-order chi connectivity index (χ0) is 12.1. The number of hydrogen-bond donors (Lipinski definition) is 1. The Morgan fingerprint density at radius 3 is 2.75 bits per heavy atom. The molecule has 0 atom stereocenters. The molecule has 16 heavy (non-hydrogen) atoms. The smallest absolute Gasteiger partial charge is 0.308 e. The number of ether oxygens (including phenoxy) is 1. The van der Waals surface area contributed by atoms with Gasteiger partial charge in [0.1, 0.15) is 5.82 Å². The van der Waals surface area contributed by atoms with Crippen LogP contribution in [-0.2, 0) is 17.6 Å². The standard InChI is InChI=1S/C11H16N2O3/c1-7(2)4-9-12-6-8(5-10(14)15)11(13-9)16-3/h6-7H,4-5H2,1-3H3,(H,14,15). The summed E-state index contributed by atoms with van der Waals surface area (Å²) in [6, 6.07) is 0. The minimum Gasteiger partial charge on any atom is -0.481 e. The summed E-state index contributed by atoms with van der Waals surface area (Å²) in [4.78, 5) is 18.9. The average molecular weight is 224 g/mol. The number of aromatic nitrogens is 2. The lowest BCUT2D eigenvalue weighted by molar-refractivity contribution is -0.136. The fourth-order valence-electron chi connectivity index (χ4n) is 1.35. The summed E-state index contributed by atoms with van der Waals surface area (Å²) in [6.45, 7) is 4.14. The Balaban J connectivity index is 2.92. The second-order valence-electron chi connectivity index (χ2n) is 3.99. The monoisotopic (exact) mass is 224 g/mol. The third-order valence-corrected chi connectivity index (χ3v) is 2.00. The fourth-order valence-corrected chi connectivity index (χ4v) is 1.35. The molecule has 0 aliphatic rings. The number of aliphatic carboxylic acids is 1. The molecule has 0 spiro atoms. The number of methoxy groups -OCH3 is 1. The largest absolute Gasteiger partial charge is 0.481 e. The van der Waals surface area contributed by atoms with E-state index in [4.69, 9.17) is 9.84 Å². The lowest BCUT2D eigenvalue weighted by Gasteiger charge is -2.08. The quantitative estimate of drug-likeness (QED) is 0.816. The van der Waals surface area contributed by atoms with E-state index in [1.54, 1.807) is 0 Å². The molecule has 0 radical (unpaired) electrons. The van der Waals surface area contributed by atoms with Crippen molar-refractivity contribution in [1.29, 1.82) is 0 Å². The molecule has 0 saturated heterocycles. The molecule has 0 amide bonds. The molecule has 1 heterocycles. The third-order valence-electron chi connectivity index (χ3n) is 2.00. The molecule has 0 bridgehead atoms. The maximum absolute atomic E-state index is 10.6. The predicted molar refractivity (Wildman–Crippen MR) is 58.5 cm³/mol. The highest BCUT2D eigenvalue weighted by molar-refractivity contribution is 5.70. The summed E-state index contributed by atoms with van der Waals surface area (Å²) in [5.74, 6) is 0.572. The first-order valence-electron chi connectivity index (χ1n) is 5.13. The van der Waals surface area contributed by atoms with Gasteiger partial charge < -0.3 is 9.84 Å². The van der Waals surface area contributed by atoms with Crippen molar-refractivity contribution in [3.05, 3.63) is 17.6 Å². The molecule has 1 rings (SSSR count). The summed E-state index contributed by atoms with van der Waals surface area (Å²) < 4.78 is 5.05. The van der Waals surface area contributed by atoms with E-state index in [1.165, 1.54) is 13.3 Å². The van der Waals surface area contributed by atoms with Crippen LogP contribution in [0.5, 0.6) is 5.88 Å². The van der Waals surface area contributed by atoms with Crippen molar-refractivity contribution in [1.82, 2.24) is 9.97 Å². The van der Waals surface area contributed by atoms with Crippen molar-refractivity contribution in [3.63, 3.8) is 0 Å². The van der Waals surface area contributed by atoms with Crippen molar-refractivity contribution in [2.45, 2.75) is 26.7 Å². The average Bonchev–Trinajstić information content (AvgIpc) is 2.18. The van der Waals surface area contributed by atoms with Gasteiger partial charge in [0.2, 0.25) is 5.88 Å². The van der Waals surface area contributed by atoms with Gasteiger partial charge in [-0.2, -0.15) is 4.98 Å². The van der Waals surface area contributed by atoms with E-state index in [0.717, 1.165) is 6.42 Å². The van der Waals surface area contributed by atoms with Crippen LogP contribution in [0, 0.1) is 5.92 Å². The molecule has 88 valence electrons. The first kappa shape index (κ1) is 12.4. The van der Waals surface area contributed by atoms with Gasteiger partial charge in [-0.1, -0.05) is 13.8 Å². The van der Waals surface area contributed by atoms with Crippen LogP contribution in [-0.4, -0.2) is 28.2 Å². The molecule has 0 aromatic carbocycles. The highest BCUT2D eigenvalue weighted by Gasteiger charge is 2.11. The Labute approximate surface area is 94.5 Å². The van der Waals surface area contributed by atoms with E-state index in [1.807, 2.05) is 0 Å². The molecule has 5 heteroatoms. The Hall–Kier alpha value is -1.65. The molecule has 0 unspecified atom stereocenters. The van der Waals surface area contributed by atoms with Gasteiger partial charge >= 0.3 is 5.97 Å². The number of hydrogen-bond acceptors (Lipinski definition) is 4. The van der Waals surface area contributed by atoms with Crippen LogP contribution in [0.1, 0.15) is 25.2 Å². The number of carboxylic acid groups (broad SMARTS) is 1. The lowest BCUT2D eigenvalue weighted by atomic mass is 10.1. The molecule has 1 aromatic rings. The van der Waals surface area contributed by atoms with Crippen LogP contribution in [0.25, 0.3) is 0 Å². The molecule has 0 fully saturated rings. The number of carbonyl (C=O) groups is 1. The minimum absolute atomic E-state index is 0.120. The van der Waals surface area contributed by atoms with Gasteiger partial charge in [-0.3, -0.25) is 4.79 Å². The number of rotatable bonds is 5. The van der Waals surface area contributed by atoms with Crippen LogP contribution < -0.4 is 4.74 Å². The van der Waals surface area contributed by atoms with Gasteiger partial charge in [-0.15, -0.1) is 0 Å².